The second-order valence-electron chi connectivity index (χ2n) is 0.224. The first-order valence-corrected chi connectivity index (χ1v) is 0.548. The van der Waals surface area contributed by atoms with E-state index in [0.717, 1.165) is 0 Å². The predicted octanol–water partition coefficient (Wildman–Crippen LogP) is -1.07. The van der Waals surface area contributed by atoms with Crippen molar-refractivity contribution in [1.29, 1.82) is 0 Å². The molecule has 0 heterocycles. The van der Waals surface area contributed by atoms with E-state index in [2.05, 4.69) is 0 Å². The molecule has 0 bridgehead atoms. The molecular formula is H2NO4Rh-. The molecule has 0 saturated carbocycles. The third-order valence-electron chi connectivity index (χ3n) is 0. The molecule has 6 heteroatoms. The first-order chi connectivity index (χ1) is 1.73. The average Bonchev–Trinajstić information content (AvgIpc) is 0.811. The molecule has 0 amide bonds. The minimum Gasteiger partial charge on any atom is -0.412 e. The summed E-state index contributed by atoms with van der Waals surface area (Å²) in [6.07, 6.45) is 0. The summed E-state index contributed by atoms with van der Waals surface area (Å²) in [5.74, 6) is 0. The summed E-state index contributed by atoms with van der Waals surface area (Å²) in [6, 6.07) is 0. The Labute approximate surface area is 46.1 Å². The van der Waals surface area contributed by atoms with E-state index in [4.69, 9.17) is 15.3 Å². The van der Waals surface area contributed by atoms with Crippen molar-refractivity contribution in [1.82, 2.24) is 0 Å². The molecule has 1 radical (unpaired) electrons. The summed E-state index contributed by atoms with van der Waals surface area (Å²) < 4.78 is 0. The van der Waals surface area contributed by atoms with Crippen molar-refractivity contribution in [3.8, 4) is 0 Å². The van der Waals surface area contributed by atoms with E-state index in [1.807, 2.05) is 0 Å². The fraction of sp³-hybridized carbons (Fsp3) is 0. The van der Waals surface area contributed by atoms with Gasteiger partial charge in [-0.3, -0.25) is 0 Å². The van der Waals surface area contributed by atoms with Crippen LogP contribution in [0.1, 0.15) is 0 Å². The van der Waals surface area contributed by atoms with Crippen LogP contribution in [-0.4, -0.2) is 10.6 Å². The van der Waals surface area contributed by atoms with Gasteiger partial charge in [-0.2, -0.15) is 0 Å². The Hall–Kier alpha value is -0.217. The summed E-state index contributed by atoms with van der Waals surface area (Å²) in [5.41, 5.74) is 0. The monoisotopic (exact) mass is 183 g/mol. The van der Waals surface area contributed by atoms with Gasteiger partial charge in [0.25, 0.3) is 0 Å². The smallest absolute Gasteiger partial charge is 0.0689 e. The van der Waals surface area contributed by atoms with Crippen LogP contribution in [0.5, 0.6) is 0 Å². The molecule has 0 aliphatic carbocycles. The SMILES string of the molecule is O.O=[N+]([O-])[O-].[Rh]. The summed E-state index contributed by atoms with van der Waals surface area (Å²) in [6.45, 7) is 0. The van der Waals surface area contributed by atoms with Gasteiger partial charge < -0.3 is 20.8 Å². The Morgan fingerprint density at radius 2 is 1.33 bits per heavy atom. The zero-order valence-corrected chi connectivity index (χ0v) is 4.14. The van der Waals surface area contributed by atoms with E-state index < -0.39 is 5.09 Å². The van der Waals surface area contributed by atoms with Crippen LogP contribution in [0.3, 0.4) is 0 Å². The second-order valence-corrected chi connectivity index (χ2v) is 0.224. The molecule has 0 aromatic carbocycles. The van der Waals surface area contributed by atoms with Gasteiger partial charge in [0, 0.05) is 19.5 Å². The Morgan fingerprint density at radius 3 is 1.33 bits per heavy atom. The average molecular weight is 183 g/mol. The van der Waals surface area contributed by atoms with Crippen LogP contribution >= 0.6 is 0 Å². The predicted molar refractivity (Wildman–Crippen MR) is 14.0 cm³/mol. The zero-order chi connectivity index (χ0) is 3.58. The molecule has 0 aliphatic heterocycles. The summed E-state index contributed by atoms with van der Waals surface area (Å²) in [7, 11) is 0. The minimum atomic E-state index is -1.75. The first-order valence-electron chi connectivity index (χ1n) is 0.548. The molecule has 0 atom stereocenters. The zero-order valence-electron chi connectivity index (χ0n) is 2.51. The molecular weight excluding hydrogens is 181 g/mol. The molecule has 6 heavy (non-hydrogen) atoms. The quantitative estimate of drug-likeness (QED) is 0.271. The van der Waals surface area contributed by atoms with Crippen molar-refractivity contribution in [3.63, 3.8) is 0 Å². The largest absolute Gasteiger partial charge is 0.412 e. The van der Waals surface area contributed by atoms with Gasteiger partial charge in [0.05, 0.1) is 5.09 Å². The van der Waals surface area contributed by atoms with Gasteiger partial charge in [0.15, 0.2) is 0 Å². The number of hydrogen-bond acceptors (Lipinski definition) is 3. The topological polar surface area (TPSA) is 97.7 Å². The van der Waals surface area contributed by atoms with Crippen LogP contribution < -0.4 is 0 Å². The van der Waals surface area contributed by atoms with E-state index >= 15 is 0 Å². The van der Waals surface area contributed by atoms with Gasteiger partial charge in [-0.05, 0) is 0 Å². The van der Waals surface area contributed by atoms with Crippen LogP contribution in [0.25, 0.3) is 0 Å². The van der Waals surface area contributed by atoms with Crippen molar-refractivity contribution in [2.45, 2.75) is 0 Å². The van der Waals surface area contributed by atoms with E-state index in [9.17, 15) is 0 Å². The van der Waals surface area contributed by atoms with Gasteiger partial charge in [0.2, 0.25) is 0 Å². The van der Waals surface area contributed by atoms with Gasteiger partial charge in [-0.15, -0.1) is 0 Å². The molecule has 41 valence electrons. The second kappa shape index (κ2) is 8.84. The van der Waals surface area contributed by atoms with Crippen LogP contribution in [0.2, 0.25) is 0 Å². The van der Waals surface area contributed by atoms with Crippen molar-refractivity contribution < 1.29 is 30.0 Å². The van der Waals surface area contributed by atoms with Crippen molar-refractivity contribution in [2.75, 3.05) is 0 Å². The summed E-state index contributed by atoms with van der Waals surface area (Å²) >= 11 is 0. The van der Waals surface area contributed by atoms with Gasteiger partial charge in [-0.25, -0.2) is 0 Å². The van der Waals surface area contributed by atoms with Gasteiger partial charge in [0.1, 0.15) is 0 Å². The third-order valence-corrected chi connectivity index (χ3v) is 0. The van der Waals surface area contributed by atoms with E-state index in [1.165, 1.54) is 0 Å². The van der Waals surface area contributed by atoms with Crippen LogP contribution in [0.15, 0.2) is 0 Å². The molecule has 2 N–H and O–H groups in total. The normalized spacial score (nSPS) is 4.00. The molecule has 0 saturated heterocycles. The minimum absolute atomic E-state index is 0. The van der Waals surface area contributed by atoms with E-state index in [1.54, 1.807) is 0 Å². The Kier molecular flexibility index (Phi) is 25.2. The first kappa shape index (κ1) is 17.1. The molecule has 0 aliphatic rings. The van der Waals surface area contributed by atoms with Crippen LogP contribution in [0.4, 0.5) is 0 Å². The maximum absolute atomic E-state index is 8.25. The molecule has 5 nitrogen and oxygen atoms in total. The van der Waals surface area contributed by atoms with Crippen molar-refractivity contribution in [2.24, 2.45) is 0 Å². The molecule has 0 aromatic rings. The Morgan fingerprint density at radius 1 is 1.33 bits per heavy atom. The molecule has 0 fully saturated rings. The van der Waals surface area contributed by atoms with E-state index in [-0.39, 0.29) is 25.0 Å². The fourth-order valence-corrected chi connectivity index (χ4v) is 0. The number of hydrogen-bond donors (Lipinski definition) is 0. The van der Waals surface area contributed by atoms with Gasteiger partial charge in [-0.1, -0.05) is 0 Å². The number of nitrogens with zero attached hydrogens (tertiary/aromatic N) is 1. The van der Waals surface area contributed by atoms with E-state index in [0.29, 0.717) is 0 Å². The summed E-state index contributed by atoms with van der Waals surface area (Å²) in [4.78, 5) is 8.25. The molecule has 0 aromatic heterocycles. The van der Waals surface area contributed by atoms with Crippen molar-refractivity contribution >= 4 is 0 Å². The van der Waals surface area contributed by atoms with Crippen molar-refractivity contribution in [3.05, 3.63) is 15.3 Å². The third kappa shape index (κ3) is 625. The fourth-order valence-electron chi connectivity index (χ4n) is 0. The Balaban J connectivity index is -0.0000000450. The maximum Gasteiger partial charge on any atom is 0.0689 e. The summed E-state index contributed by atoms with van der Waals surface area (Å²) in [5, 5.41) is 14.8. The van der Waals surface area contributed by atoms with Gasteiger partial charge >= 0.3 is 0 Å². The van der Waals surface area contributed by atoms with Crippen LogP contribution in [0, 0.1) is 15.3 Å². The maximum atomic E-state index is 8.25. The number of rotatable bonds is 0. The van der Waals surface area contributed by atoms with Crippen LogP contribution in [-0.2, 0) is 19.5 Å². The standard InChI is InChI=1S/NO3.H2O.Rh/c2-1(3)4;;/h;1H2;/q-1;;. The molecule has 0 unspecified atom stereocenters. The Bertz CT molecular complexity index is 30.5. The molecule has 0 spiro atoms. The molecule has 0 rings (SSSR count).